The molecule has 0 atom stereocenters. The first-order chi connectivity index (χ1) is 18.2. The summed E-state index contributed by atoms with van der Waals surface area (Å²) in [5.41, 5.74) is 1.71. The molecule has 0 spiro atoms. The highest BCUT2D eigenvalue weighted by Crippen LogP contribution is 2.16. The largest absolute Gasteiger partial charge is 0.481 e. The van der Waals surface area contributed by atoms with Gasteiger partial charge in [0.05, 0.1) is 6.42 Å². The molecule has 38 heavy (non-hydrogen) atoms. The molecule has 198 valence electrons. The molecule has 1 aliphatic heterocycles. The summed E-state index contributed by atoms with van der Waals surface area (Å²) in [6.45, 7) is 4.69. The maximum atomic E-state index is 12.8. The van der Waals surface area contributed by atoms with Crippen molar-refractivity contribution in [1.82, 2.24) is 19.8 Å². The van der Waals surface area contributed by atoms with Crippen LogP contribution < -0.4 is 15.0 Å². The number of thiazole rings is 1. The molecule has 1 aliphatic rings. The molecule has 0 bridgehead atoms. The van der Waals surface area contributed by atoms with E-state index in [0.29, 0.717) is 45.4 Å². The van der Waals surface area contributed by atoms with Crippen molar-refractivity contribution in [2.24, 2.45) is 12.0 Å². The van der Waals surface area contributed by atoms with Gasteiger partial charge in [0.2, 0.25) is 0 Å². The summed E-state index contributed by atoms with van der Waals surface area (Å²) in [4.78, 5) is 49.5. The minimum atomic E-state index is -0.996. The number of amidine groups is 1. The van der Waals surface area contributed by atoms with Crippen molar-refractivity contribution < 1.29 is 19.5 Å². The second-order valence-electron chi connectivity index (χ2n) is 8.76. The second-order valence-corrected chi connectivity index (χ2v) is 9.74. The van der Waals surface area contributed by atoms with Crippen LogP contribution in [0.1, 0.15) is 37.7 Å². The van der Waals surface area contributed by atoms with Crippen LogP contribution in [0.15, 0.2) is 53.7 Å². The van der Waals surface area contributed by atoms with E-state index >= 15 is 0 Å². The number of pyridine rings is 1. The van der Waals surface area contributed by atoms with Crippen LogP contribution in [0.5, 0.6) is 0 Å². The zero-order valence-corrected chi connectivity index (χ0v) is 22.0. The van der Waals surface area contributed by atoms with Crippen LogP contribution in [-0.2, 0) is 11.8 Å². The lowest BCUT2D eigenvalue weighted by molar-refractivity contribution is -0.136. The predicted octanol–water partition coefficient (Wildman–Crippen LogP) is 1.88. The number of amides is 2. The normalized spacial score (nSPS) is 13.9. The summed E-state index contributed by atoms with van der Waals surface area (Å²) in [6.07, 6.45) is 1.60. The Morgan fingerprint density at radius 1 is 1.08 bits per heavy atom. The van der Waals surface area contributed by atoms with E-state index in [0.717, 1.165) is 30.2 Å². The van der Waals surface area contributed by atoms with Crippen molar-refractivity contribution in [2.45, 2.75) is 13.3 Å². The predicted molar refractivity (Wildman–Crippen MR) is 144 cm³/mol. The number of nitrogens with zero attached hydrogens (tertiary/aromatic N) is 5. The van der Waals surface area contributed by atoms with E-state index in [1.54, 1.807) is 49.0 Å². The topological polar surface area (TPSA) is 144 Å². The molecule has 0 aliphatic carbocycles. The number of nitrogens with one attached hydrogen (secondary N) is 2. The van der Waals surface area contributed by atoms with Gasteiger partial charge in [-0.25, -0.2) is 4.98 Å². The van der Waals surface area contributed by atoms with Crippen molar-refractivity contribution in [2.75, 3.05) is 37.6 Å². The fraction of sp³-hybridized carbons (Fsp3) is 0.308. The summed E-state index contributed by atoms with van der Waals surface area (Å²) >= 11 is 1.07. The maximum Gasteiger partial charge on any atom is 0.305 e. The third kappa shape index (κ3) is 6.14. The third-order valence-corrected chi connectivity index (χ3v) is 7.55. The molecule has 3 aromatic rings. The van der Waals surface area contributed by atoms with Gasteiger partial charge in [-0.15, -0.1) is 0 Å². The molecular formula is C26H29N7O4S. The van der Waals surface area contributed by atoms with Gasteiger partial charge in [-0.2, -0.15) is 4.99 Å². The average Bonchev–Trinajstić information content (AvgIpc) is 3.21. The van der Waals surface area contributed by atoms with E-state index in [1.165, 1.54) is 0 Å². The Balaban J connectivity index is 1.40. The fourth-order valence-electron chi connectivity index (χ4n) is 4.01. The zero-order valence-electron chi connectivity index (χ0n) is 21.2. The molecule has 12 heteroatoms. The van der Waals surface area contributed by atoms with E-state index in [2.05, 4.69) is 20.2 Å². The minimum absolute atomic E-state index is 0.0158. The SMILES string of the molecule is Cc1c(C(=O)NCCC(=O)O)sc(=NC(=O)c2ccc(C(=N)N3CCN(c4ccccn4)CC3)cc2)n1C. The second kappa shape index (κ2) is 11.8. The minimum Gasteiger partial charge on any atom is -0.481 e. The zero-order chi connectivity index (χ0) is 27.2. The molecule has 0 saturated carbocycles. The number of anilines is 1. The van der Waals surface area contributed by atoms with E-state index in [1.807, 2.05) is 23.1 Å². The molecular weight excluding hydrogens is 506 g/mol. The molecule has 1 aromatic carbocycles. The number of aromatic nitrogens is 2. The van der Waals surface area contributed by atoms with Crippen molar-refractivity contribution in [3.63, 3.8) is 0 Å². The quantitative estimate of drug-likeness (QED) is 0.310. The fourth-order valence-corrected chi connectivity index (χ4v) is 5.04. The van der Waals surface area contributed by atoms with Crippen LogP contribution in [0.3, 0.4) is 0 Å². The van der Waals surface area contributed by atoms with Crippen LogP contribution in [-0.4, -0.2) is 75.9 Å². The average molecular weight is 536 g/mol. The molecule has 0 radical (unpaired) electrons. The summed E-state index contributed by atoms with van der Waals surface area (Å²) in [5.74, 6) is -0.515. The number of benzene rings is 1. The van der Waals surface area contributed by atoms with Crippen molar-refractivity contribution >= 4 is 40.8 Å². The van der Waals surface area contributed by atoms with Crippen molar-refractivity contribution in [3.05, 3.63) is 75.2 Å². The van der Waals surface area contributed by atoms with Gasteiger partial charge in [0.15, 0.2) is 4.80 Å². The van der Waals surface area contributed by atoms with Gasteiger partial charge in [-0.3, -0.25) is 19.8 Å². The molecule has 11 nitrogen and oxygen atoms in total. The number of piperazine rings is 1. The molecule has 2 amide bonds. The number of hydrogen-bond acceptors (Lipinski definition) is 7. The summed E-state index contributed by atoms with van der Waals surface area (Å²) in [7, 11) is 1.71. The molecule has 3 heterocycles. The summed E-state index contributed by atoms with van der Waals surface area (Å²) in [5, 5.41) is 19.9. The Bertz CT molecular complexity index is 1410. The molecule has 1 saturated heterocycles. The van der Waals surface area contributed by atoms with Gasteiger partial charge >= 0.3 is 5.97 Å². The lowest BCUT2D eigenvalue weighted by Crippen LogP contribution is -2.49. The highest BCUT2D eigenvalue weighted by atomic mass is 32.1. The van der Waals surface area contributed by atoms with E-state index in [9.17, 15) is 14.4 Å². The first-order valence-corrected chi connectivity index (χ1v) is 12.9. The highest BCUT2D eigenvalue weighted by molar-refractivity contribution is 7.11. The molecule has 2 aromatic heterocycles. The highest BCUT2D eigenvalue weighted by Gasteiger charge is 2.21. The van der Waals surface area contributed by atoms with Gasteiger partial charge in [0.1, 0.15) is 16.5 Å². The van der Waals surface area contributed by atoms with Crippen LogP contribution in [0.25, 0.3) is 0 Å². The number of carboxylic acid groups (broad SMARTS) is 1. The van der Waals surface area contributed by atoms with Crippen LogP contribution in [0.2, 0.25) is 0 Å². The van der Waals surface area contributed by atoms with Gasteiger partial charge in [0.25, 0.3) is 11.8 Å². The third-order valence-electron chi connectivity index (χ3n) is 6.31. The first kappa shape index (κ1) is 26.7. The number of aliphatic carboxylic acids is 1. The monoisotopic (exact) mass is 535 g/mol. The summed E-state index contributed by atoms with van der Waals surface area (Å²) in [6, 6.07) is 12.6. The Morgan fingerprint density at radius 2 is 1.76 bits per heavy atom. The van der Waals surface area contributed by atoms with Gasteiger partial charge in [-0.1, -0.05) is 29.5 Å². The van der Waals surface area contributed by atoms with Gasteiger partial charge in [0, 0.05) is 62.8 Å². The molecule has 4 rings (SSSR count). The number of carboxylic acids is 1. The number of hydrogen-bond donors (Lipinski definition) is 3. The molecule has 3 N–H and O–H groups in total. The van der Waals surface area contributed by atoms with Gasteiger partial charge < -0.3 is 24.8 Å². The van der Waals surface area contributed by atoms with Crippen molar-refractivity contribution in [3.8, 4) is 0 Å². The number of carbonyl (C=O) groups excluding carboxylic acids is 2. The maximum absolute atomic E-state index is 12.8. The van der Waals surface area contributed by atoms with Crippen LogP contribution >= 0.6 is 11.3 Å². The van der Waals surface area contributed by atoms with E-state index < -0.39 is 17.8 Å². The van der Waals surface area contributed by atoms with E-state index in [-0.39, 0.29) is 13.0 Å². The Morgan fingerprint density at radius 3 is 2.39 bits per heavy atom. The van der Waals surface area contributed by atoms with Crippen LogP contribution in [0.4, 0.5) is 5.82 Å². The number of rotatable bonds is 7. The smallest absolute Gasteiger partial charge is 0.305 e. The van der Waals surface area contributed by atoms with Crippen LogP contribution in [0, 0.1) is 12.3 Å². The van der Waals surface area contributed by atoms with E-state index in [4.69, 9.17) is 10.5 Å². The Labute approximate surface area is 223 Å². The van der Waals surface area contributed by atoms with Gasteiger partial charge in [-0.05, 0) is 31.2 Å². The lowest BCUT2D eigenvalue weighted by atomic mass is 10.1. The van der Waals surface area contributed by atoms with Crippen molar-refractivity contribution in [1.29, 1.82) is 5.41 Å². The number of carbonyl (C=O) groups is 3. The lowest BCUT2D eigenvalue weighted by Gasteiger charge is -2.36. The molecule has 1 fully saturated rings. The Hall–Kier alpha value is -4.32. The summed E-state index contributed by atoms with van der Waals surface area (Å²) < 4.78 is 1.66. The molecule has 0 unspecified atom stereocenters. The standard InChI is InChI=1S/C26H29N7O4S/c1-17-22(25(37)29-12-10-21(34)35)38-26(31(17)2)30-24(36)19-8-6-18(7-9-19)23(27)33-15-13-32(14-16-33)20-5-3-4-11-28-20/h3-9,11,27H,10,12-16H2,1-2H3,(H,29,37)(H,34,35). The first-order valence-electron chi connectivity index (χ1n) is 12.1. The Kier molecular flexibility index (Phi) is 8.31.